The number of carbonyl (C=O) groups excluding carboxylic acids is 1. The highest BCUT2D eigenvalue weighted by Gasteiger charge is 2.23. The van der Waals surface area contributed by atoms with E-state index in [9.17, 15) is 19.4 Å². The molecule has 61 heavy (non-hydrogen) atoms. The lowest BCUT2D eigenvalue weighted by molar-refractivity contribution is -0.870. The minimum atomic E-state index is -4.60. The quantitative estimate of drug-likeness (QED) is 0.0273. The van der Waals surface area contributed by atoms with Crippen LogP contribution < -0.4 is 10.2 Å². The molecule has 0 aromatic heterocycles. The van der Waals surface area contributed by atoms with Crippen LogP contribution in [0.2, 0.25) is 0 Å². The molecule has 3 unspecified atom stereocenters. The maximum atomic E-state index is 12.9. The van der Waals surface area contributed by atoms with E-state index in [1.165, 1.54) is 161 Å². The summed E-state index contributed by atoms with van der Waals surface area (Å²) in [6.07, 6.45) is 56.0. The second-order valence-corrected chi connectivity index (χ2v) is 19.9. The molecule has 0 saturated heterocycles. The molecular weight excluding hydrogens is 780 g/mol. The molecule has 0 saturated carbocycles. The number of quaternary nitrogens is 1. The highest BCUT2D eigenvalue weighted by molar-refractivity contribution is 7.45. The van der Waals surface area contributed by atoms with Crippen molar-refractivity contribution in [2.45, 2.75) is 238 Å². The van der Waals surface area contributed by atoms with Crippen LogP contribution in [0, 0.1) is 0 Å². The summed E-state index contributed by atoms with van der Waals surface area (Å²) in [5.74, 6) is -0.217. The van der Waals surface area contributed by atoms with Crippen molar-refractivity contribution in [3.63, 3.8) is 0 Å². The number of phosphoric acid groups is 1. The van der Waals surface area contributed by atoms with E-state index in [1.54, 1.807) is 6.08 Å². The van der Waals surface area contributed by atoms with Crippen LogP contribution in [-0.2, 0) is 18.4 Å². The topological polar surface area (TPSA) is 108 Å². The molecule has 1 amide bonds. The maximum absolute atomic E-state index is 12.9. The van der Waals surface area contributed by atoms with Gasteiger partial charge < -0.3 is 28.8 Å². The van der Waals surface area contributed by atoms with Crippen LogP contribution in [0.15, 0.2) is 48.6 Å². The zero-order valence-corrected chi connectivity index (χ0v) is 41.5. The third-order valence-corrected chi connectivity index (χ3v) is 12.2. The Morgan fingerprint density at radius 3 is 1.34 bits per heavy atom. The van der Waals surface area contributed by atoms with Crippen LogP contribution in [0.5, 0.6) is 0 Å². The van der Waals surface area contributed by atoms with Gasteiger partial charge in [0.25, 0.3) is 7.82 Å². The van der Waals surface area contributed by atoms with Gasteiger partial charge in [0, 0.05) is 6.42 Å². The Morgan fingerprint density at radius 1 is 0.557 bits per heavy atom. The third kappa shape index (κ3) is 46.3. The van der Waals surface area contributed by atoms with Crippen LogP contribution in [0.4, 0.5) is 0 Å². The molecule has 0 heterocycles. The minimum Gasteiger partial charge on any atom is -0.756 e. The number of rotatable bonds is 46. The van der Waals surface area contributed by atoms with E-state index in [4.69, 9.17) is 9.05 Å². The van der Waals surface area contributed by atoms with Gasteiger partial charge in [-0.05, 0) is 70.6 Å². The van der Waals surface area contributed by atoms with Gasteiger partial charge in [0.05, 0.1) is 39.9 Å². The molecule has 0 aliphatic heterocycles. The summed E-state index contributed by atoms with van der Waals surface area (Å²) in [5, 5.41) is 13.8. The fourth-order valence-corrected chi connectivity index (χ4v) is 7.90. The number of unbranched alkanes of at least 4 members (excludes halogenated alkanes) is 27. The van der Waals surface area contributed by atoms with Crippen molar-refractivity contribution in [1.29, 1.82) is 0 Å². The Labute approximate surface area is 378 Å². The molecule has 0 bridgehead atoms. The van der Waals surface area contributed by atoms with E-state index >= 15 is 0 Å². The van der Waals surface area contributed by atoms with Gasteiger partial charge in [-0.2, -0.15) is 0 Å². The van der Waals surface area contributed by atoms with E-state index in [2.05, 4.69) is 55.6 Å². The molecule has 9 heteroatoms. The van der Waals surface area contributed by atoms with Crippen molar-refractivity contribution in [3.05, 3.63) is 48.6 Å². The summed E-state index contributed by atoms with van der Waals surface area (Å²) >= 11 is 0. The Balaban J connectivity index is 4.38. The molecule has 0 radical (unpaired) electrons. The normalized spacial score (nSPS) is 14.5. The number of hydrogen-bond acceptors (Lipinski definition) is 6. The van der Waals surface area contributed by atoms with Gasteiger partial charge in [0.15, 0.2) is 0 Å². The summed E-state index contributed by atoms with van der Waals surface area (Å²) in [6.45, 7) is 4.61. The van der Waals surface area contributed by atoms with Gasteiger partial charge >= 0.3 is 0 Å². The zero-order valence-electron chi connectivity index (χ0n) is 40.6. The lowest BCUT2D eigenvalue weighted by atomic mass is 10.0. The number of nitrogens with one attached hydrogen (secondary N) is 1. The first kappa shape index (κ1) is 59.5. The number of phosphoric ester groups is 1. The fourth-order valence-electron chi connectivity index (χ4n) is 7.18. The fraction of sp³-hybridized carbons (Fsp3) is 0.827. The van der Waals surface area contributed by atoms with Gasteiger partial charge in [-0.3, -0.25) is 9.36 Å². The Morgan fingerprint density at radius 2 is 0.918 bits per heavy atom. The predicted molar refractivity (Wildman–Crippen MR) is 261 cm³/mol. The number of nitrogens with zero attached hydrogens (tertiary/aromatic N) is 1. The lowest BCUT2D eigenvalue weighted by Crippen LogP contribution is -2.45. The highest BCUT2D eigenvalue weighted by atomic mass is 31.2. The van der Waals surface area contributed by atoms with Crippen LogP contribution in [0.1, 0.15) is 226 Å². The van der Waals surface area contributed by atoms with Crippen molar-refractivity contribution in [1.82, 2.24) is 5.32 Å². The van der Waals surface area contributed by atoms with E-state index in [0.29, 0.717) is 17.4 Å². The number of allylic oxidation sites excluding steroid dienone is 7. The van der Waals surface area contributed by atoms with Crippen LogP contribution in [-0.4, -0.2) is 68.5 Å². The molecule has 0 spiro atoms. The molecule has 358 valence electrons. The number of likely N-dealkylation sites (N-methyl/N-ethyl adjacent to an activating group) is 1. The third-order valence-electron chi connectivity index (χ3n) is 11.2. The smallest absolute Gasteiger partial charge is 0.268 e. The number of aliphatic hydroxyl groups is 1. The van der Waals surface area contributed by atoms with Gasteiger partial charge in [-0.1, -0.05) is 197 Å². The van der Waals surface area contributed by atoms with Crippen molar-refractivity contribution < 1.29 is 32.9 Å². The standard InChI is InChI=1S/C52H99N2O6P/c1-6-8-10-12-14-16-18-20-22-23-24-25-26-27-28-29-30-32-33-35-37-39-41-43-45-51(55)50(49-60-61(57,58)59-48-47-54(3,4)5)53-52(56)46-44-42-40-38-36-34-31-21-19-17-15-13-11-9-7-2/h17,19,29-30,35,37,43,45,50-51,55H,6-16,18,20-28,31-34,36,38-42,44,46-49H2,1-5H3,(H-,53,56,57,58)/b19-17-,30-29+,37-35+,45-43+. The Bertz CT molecular complexity index is 1130. The SMILES string of the molecule is CCCCCC/C=C\CCCCCCCCCC(=O)NC(COP(=O)([O-])OCC[N+](C)(C)C)C(O)/C=C/CC/C=C/CC/C=C/CCCCCCCCCCCCCCCC. The van der Waals surface area contributed by atoms with Gasteiger partial charge in [0.1, 0.15) is 13.2 Å². The molecule has 8 nitrogen and oxygen atoms in total. The Kier molecular flexibility index (Phi) is 42.6. The number of aliphatic hydroxyl groups excluding tert-OH is 1. The summed E-state index contributed by atoms with van der Waals surface area (Å²) in [5.41, 5.74) is 0. The van der Waals surface area contributed by atoms with Crippen molar-refractivity contribution >= 4 is 13.7 Å². The molecule has 0 rings (SSSR count). The van der Waals surface area contributed by atoms with Crippen molar-refractivity contribution in [2.24, 2.45) is 0 Å². The second kappa shape index (κ2) is 43.7. The Hall–Kier alpha value is -1.54. The van der Waals surface area contributed by atoms with Gasteiger partial charge in [0.2, 0.25) is 5.91 Å². The van der Waals surface area contributed by atoms with Gasteiger partial charge in [-0.15, -0.1) is 0 Å². The summed E-state index contributed by atoms with van der Waals surface area (Å²) in [6, 6.07) is -0.912. The largest absolute Gasteiger partial charge is 0.756 e. The first-order chi connectivity index (χ1) is 29.5. The zero-order chi connectivity index (χ0) is 45.0. The molecule has 0 fully saturated rings. The molecule has 0 aliphatic rings. The van der Waals surface area contributed by atoms with Crippen molar-refractivity contribution in [2.75, 3.05) is 40.9 Å². The number of hydrogen-bond donors (Lipinski definition) is 2. The molecule has 0 aromatic carbocycles. The van der Waals surface area contributed by atoms with Crippen LogP contribution in [0.25, 0.3) is 0 Å². The maximum Gasteiger partial charge on any atom is 0.268 e. The first-order valence-corrected chi connectivity index (χ1v) is 27.0. The average Bonchev–Trinajstić information content (AvgIpc) is 3.21. The van der Waals surface area contributed by atoms with Crippen molar-refractivity contribution in [3.8, 4) is 0 Å². The van der Waals surface area contributed by atoms with Crippen LogP contribution in [0.3, 0.4) is 0 Å². The van der Waals surface area contributed by atoms with Gasteiger partial charge in [-0.25, -0.2) is 0 Å². The summed E-state index contributed by atoms with van der Waals surface area (Å²) < 4.78 is 23.2. The van der Waals surface area contributed by atoms with E-state index in [1.807, 2.05) is 27.2 Å². The molecular formula is C52H99N2O6P. The first-order valence-electron chi connectivity index (χ1n) is 25.5. The molecule has 3 atom stereocenters. The number of carbonyl (C=O) groups is 1. The molecule has 2 N–H and O–H groups in total. The number of amides is 1. The van der Waals surface area contributed by atoms with E-state index < -0.39 is 26.6 Å². The minimum absolute atomic E-state index is 0.0106. The lowest BCUT2D eigenvalue weighted by Gasteiger charge is -2.29. The monoisotopic (exact) mass is 879 g/mol. The average molecular weight is 879 g/mol. The molecule has 0 aliphatic carbocycles. The van der Waals surface area contributed by atoms with Crippen LogP contribution >= 0.6 is 7.82 Å². The summed E-state index contributed by atoms with van der Waals surface area (Å²) in [7, 11) is 1.23. The second-order valence-electron chi connectivity index (χ2n) is 18.5. The van der Waals surface area contributed by atoms with E-state index in [-0.39, 0.29) is 12.5 Å². The summed E-state index contributed by atoms with van der Waals surface area (Å²) in [4.78, 5) is 25.4. The van der Waals surface area contributed by atoms with E-state index in [0.717, 1.165) is 44.9 Å². The predicted octanol–water partition coefficient (Wildman–Crippen LogP) is 14.2. The molecule has 0 aromatic rings. The highest BCUT2D eigenvalue weighted by Crippen LogP contribution is 2.38.